The van der Waals surface area contributed by atoms with Crippen molar-refractivity contribution in [1.29, 1.82) is 0 Å². The van der Waals surface area contributed by atoms with Crippen LogP contribution in [0.2, 0.25) is 0 Å². The van der Waals surface area contributed by atoms with E-state index in [9.17, 15) is 0 Å². The van der Waals surface area contributed by atoms with Gasteiger partial charge in [0.2, 0.25) is 0 Å². The Balaban J connectivity index is 1.74. The molecule has 0 bridgehead atoms. The number of hydrogen-bond acceptors (Lipinski definition) is 2. The van der Waals surface area contributed by atoms with E-state index in [1.165, 1.54) is 28.4 Å². The number of benzene rings is 2. The maximum atomic E-state index is 3.71. The van der Waals surface area contributed by atoms with Crippen molar-refractivity contribution >= 4 is 15.9 Å². The number of hydrogen-bond donors (Lipinski definition) is 2. The minimum Gasteiger partial charge on any atom is -0.317 e. The monoisotopic (exact) mass is 386 g/mol. The molecule has 1 heterocycles. The van der Waals surface area contributed by atoms with E-state index in [0.29, 0.717) is 11.3 Å². The predicted molar refractivity (Wildman–Crippen MR) is 105 cm³/mol. The molecule has 3 rings (SSSR count). The van der Waals surface area contributed by atoms with Gasteiger partial charge in [-0.3, -0.25) is 0 Å². The molecule has 0 spiro atoms. The van der Waals surface area contributed by atoms with Crippen LogP contribution in [-0.2, 0) is 6.54 Å². The molecule has 1 aliphatic rings. The van der Waals surface area contributed by atoms with E-state index in [1.54, 1.807) is 0 Å². The van der Waals surface area contributed by atoms with Gasteiger partial charge in [-0.15, -0.1) is 0 Å². The number of halogens is 1. The molecule has 2 nitrogen and oxygen atoms in total. The van der Waals surface area contributed by atoms with Crippen molar-refractivity contribution in [2.75, 3.05) is 19.6 Å². The van der Waals surface area contributed by atoms with Gasteiger partial charge in [-0.25, -0.2) is 0 Å². The van der Waals surface area contributed by atoms with Crippen LogP contribution in [-0.4, -0.2) is 19.6 Å². The Morgan fingerprint density at radius 3 is 2.54 bits per heavy atom. The molecule has 24 heavy (non-hydrogen) atoms. The average Bonchev–Trinajstić information content (AvgIpc) is 2.60. The Morgan fingerprint density at radius 2 is 1.83 bits per heavy atom. The molecule has 2 N–H and O–H groups in total. The summed E-state index contributed by atoms with van der Waals surface area (Å²) in [5.74, 6) is 0.529. The molecule has 2 aromatic rings. The van der Waals surface area contributed by atoms with Crippen LogP contribution in [0.1, 0.15) is 36.8 Å². The van der Waals surface area contributed by atoms with Gasteiger partial charge in [-0.2, -0.15) is 0 Å². The summed E-state index contributed by atoms with van der Waals surface area (Å²) in [7, 11) is 0. The van der Waals surface area contributed by atoms with Gasteiger partial charge in [0.05, 0.1) is 0 Å². The largest absolute Gasteiger partial charge is 0.317 e. The molecule has 1 aliphatic heterocycles. The molecule has 1 fully saturated rings. The van der Waals surface area contributed by atoms with Crippen LogP contribution < -0.4 is 10.6 Å². The molecule has 3 heteroatoms. The van der Waals surface area contributed by atoms with Gasteiger partial charge >= 0.3 is 0 Å². The zero-order valence-corrected chi connectivity index (χ0v) is 16.0. The Kier molecular flexibility index (Phi) is 6.09. The third kappa shape index (κ3) is 4.47. The second-order valence-corrected chi connectivity index (χ2v) is 8.04. The van der Waals surface area contributed by atoms with Crippen molar-refractivity contribution in [3.8, 4) is 0 Å². The van der Waals surface area contributed by atoms with E-state index in [-0.39, 0.29) is 0 Å². The Labute approximate surface area is 154 Å². The molecule has 1 unspecified atom stereocenters. The number of piperidine rings is 1. The lowest BCUT2D eigenvalue weighted by Crippen LogP contribution is -2.42. The van der Waals surface area contributed by atoms with Crippen molar-refractivity contribution < 1.29 is 0 Å². The fraction of sp³-hybridized carbons (Fsp3) is 0.429. The van der Waals surface area contributed by atoms with E-state index in [2.05, 4.69) is 88.1 Å². The van der Waals surface area contributed by atoms with Gasteiger partial charge in [-0.1, -0.05) is 65.3 Å². The smallest absolute Gasteiger partial charge is 0.0205 e. The highest BCUT2D eigenvalue weighted by Crippen LogP contribution is 2.43. The second-order valence-electron chi connectivity index (χ2n) is 7.13. The number of nitrogens with one attached hydrogen (secondary N) is 2. The summed E-state index contributed by atoms with van der Waals surface area (Å²) in [6, 6.07) is 19.5. The van der Waals surface area contributed by atoms with Gasteiger partial charge in [0, 0.05) is 23.5 Å². The predicted octanol–water partition coefficient (Wildman–Crippen LogP) is 4.71. The van der Waals surface area contributed by atoms with Gasteiger partial charge in [0.15, 0.2) is 0 Å². The van der Waals surface area contributed by atoms with Crippen LogP contribution in [0.15, 0.2) is 59.1 Å². The highest BCUT2D eigenvalue weighted by molar-refractivity contribution is 9.10. The topological polar surface area (TPSA) is 24.1 Å². The third-order valence-corrected chi connectivity index (χ3v) is 5.85. The lowest BCUT2D eigenvalue weighted by molar-refractivity contribution is 0.175. The molecule has 0 aliphatic carbocycles. The highest BCUT2D eigenvalue weighted by atomic mass is 79.9. The molecule has 0 amide bonds. The van der Waals surface area contributed by atoms with Crippen LogP contribution in [0, 0.1) is 5.41 Å². The van der Waals surface area contributed by atoms with Crippen LogP contribution in [0.3, 0.4) is 0 Å². The first-order valence-corrected chi connectivity index (χ1v) is 9.67. The molecule has 0 radical (unpaired) electrons. The van der Waals surface area contributed by atoms with Crippen molar-refractivity contribution in [3.05, 3.63) is 70.2 Å². The van der Waals surface area contributed by atoms with Crippen LogP contribution >= 0.6 is 15.9 Å². The normalized spacial score (nSPS) is 18.2. The molecule has 128 valence electrons. The van der Waals surface area contributed by atoms with Gasteiger partial charge in [0.1, 0.15) is 0 Å². The highest BCUT2D eigenvalue weighted by Gasteiger charge is 2.36. The minimum absolute atomic E-state index is 0.343. The molecular weight excluding hydrogens is 360 g/mol. The number of rotatable bonds is 6. The van der Waals surface area contributed by atoms with Crippen LogP contribution in [0.25, 0.3) is 0 Å². The maximum absolute atomic E-state index is 3.71. The average molecular weight is 387 g/mol. The fourth-order valence-corrected chi connectivity index (χ4v) is 4.21. The van der Waals surface area contributed by atoms with Gasteiger partial charge < -0.3 is 10.6 Å². The summed E-state index contributed by atoms with van der Waals surface area (Å²) in [5, 5.41) is 7.22. The fourth-order valence-electron chi connectivity index (χ4n) is 3.79. The molecule has 1 saturated heterocycles. The van der Waals surface area contributed by atoms with E-state index in [0.717, 1.165) is 26.2 Å². The summed E-state index contributed by atoms with van der Waals surface area (Å²) >= 11 is 3.64. The van der Waals surface area contributed by atoms with Crippen LogP contribution in [0.5, 0.6) is 0 Å². The Bertz CT molecular complexity index is 635. The lowest BCUT2D eigenvalue weighted by atomic mass is 9.68. The summed E-state index contributed by atoms with van der Waals surface area (Å²) in [6.45, 7) is 6.66. The zero-order chi connectivity index (χ0) is 16.8. The first kappa shape index (κ1) is 17.7. The van der Waals surface area contributed by atoms with Crippen molar-refractivity contribution in [3.63, 3.8) is 0 Å². The summed E-state index contributed by atoms with van der Waals surface area (Å²) in [5.41, 5.74) is 3.13. The molecular formula is C21H27BrN2. The molecule has 0 saturated carbocycles. The summed E-state index contributed by atoms with van der Waals surface area (Å²) in [6.07, 6.45) is 2.47. The molecule has 1 atom stereocenters. The SMILES string of the molecule is CC1(C(CNCc2ccccc2)c2cccc(Br)c2)CCNCC1. The van der Waals surface area contributed by atoms with E-state index >= 15 is 0 Å². The summed E-state index contributed by atoms with van der Waals surface area (Å²) < 4.78 is 1.17. The minimum atomic E-state index is 0.343. The third-order valence-electron chi connectivity index (χ3n) is 5.36. The van der Waals surface area contributed by atoms with Crippen molar-refractivity contribution in [2.24, 2.45) is 5.41 Å². The van der Waals surface area contributed by atoms with Crippen molar-refractivity contribution in [1.82, 2.24) is 10.6 Å². The second kappa shape index (κ2) is 8.28. The standard InChI is InChI=1S/C21H27BrN2/c1-21(10-12-23-13-11-21)20(18-8-5-9-19(22)14-18)16-24-15-17-6-3-2-4-7-17/h2-9,14,20,23-24H,10-13,15-16H2,1H3. The first-order valence-electron chi connectivity index (χ1n) is 8.88. The van der Waals surface area contributed by atoms with Gasteiger partial charge in [0.25, 0.3) is 0 Å². The quantitative estimate of drug-likeness (QED) is 0.750. The van der Waals surface area contributed by atoms with E-state index < -0.39 is 0 Å². The molecule has 2 aromatic carbocycles. The molecule has 0 aromatic heterocycles. The zero-order valence-electron chi connectivity index (χ0n) is 14.4. The Morgan fingerprint density at radius 1 is 1.08 bits per heavy atom. The summed E-state index contributed by atoms with van der Waals surface area (Å²) in [4.78, 5) is 0. The lowest BCUT2D eigenvalue weighted by Gasteiger charge is -2.41. The van der Waals surface area contributed by atoms with Crippen LogP contribution in [0.4, 0.5) is 0 Å². The van der Waals surface area contributed by atoms with Gasteiger partial charge in [-0.05, 0) is 54.6 Å². The van der Waals surface area contributed by atoms with E-state index in [4.69, 9.17) is 0 Å². The Hall–Kier alpha value is -1.16. The van der Waals surface area contributed by atoms with Crippen molar-refractivity contribution in [2.45, 2.75) is 32.2 Å². The maximum Gasteiger partial charge on any atom is 0.0205 e. The van der Waals surface area contributed by atoms with E-state index in [1.807, 2.05) is 0 Å². The first-order chi connectivity index (χ1) is 11.7.